The number of hydrogen-bond acceptors (Lipinski definition) is 0. The monoisotopic (exact) mass is 305 g/mol. The molecule has 0 amide bonds. The zero-order chi connectivity index (χ0) is 11.7. The van der Waals surface area contributed by atoms with Crippen molar-refractivity contribution in [2.45, 2.75) is 90.0 Å². The molecule has 0 aromatic carbocycles. The lowest BCUT2D eigenvalue weighted by atomic mass is 9.73. The Labute approximate surface area is 119 Å². The van der Waals surface area contributed by atoms with Gasteiger partial charge in [0, 0.05) is 19.3 Å². The maximum absolute atomic E-state index is 2.70. The summed E-state index contributed by atoms with van der Waals surface area (Å²) in [6.45, 7) is 5.98. The molecular weight excluding hydrogens is 274 g/mol. The maximum atomic E-state index is 2.70. The van der Waals surface area contributed by atoms with Crippen LogP contribution < -0.4 is 22.3 Å². The van der Waals surface area contributed by atoms with Crippen molar-refractivity contribution in [2.75, 3.05) is 6.54 Å². The molecule has 1 nitrogen and oxygen atoms in total. The zero-order valence-corrected chi connectivity index (χ0v) is 13.5. The van der Waals surface area contributed by atoms with Gasteiger partial charge in [-0.15, -0.1) is 0 Å². The van der Waals surface area contributed by atoms with Gasteiger partial charge in [0.15, 0.2) is 0 Å². The Hall–Kier alpha value is 0.440. The van der Waals surface area contributed by atoms with Gasteiger partial charge >= 0.3 is 0 Å². The summed E-state index contributed by atoms with van der Waals surface area (Å²) in [5.41, 5.74) is 0.696. The van der Waals surface area contributed by atoms with E-state index in [9.17, 15) is 0 Å². The molecular formula is C15H32BrN. The van der Waals surface area contributed by atoms with Gasteiger partial charge in [-0.1, -0.05) is 39.5 Å². The first-order valence-corrected chi connectivity index (χ1v) is 7.67. The Morgan fingerprint density at radius 1 is 0.882 bits per heavy atom. The Morgan fingerprint density at radius 2 is 1.53 bits per heavy atom. The molecule has 104 valence electrons. The summed E-state index contributed by atoms with van der Waals surface area (Å²) < 4.78 is 0. The minimum atomic E-state index is 0. The van der Waals surface area contributed by atoms with Crippen LogP contribution in [0.5, 0.6) is 0 Å². The Morgan fingerprint density at radius 3 is 2.06 bits per heavy atom. The van der Waals surface area contributed by atoms with Gasteiger partial charge < -0.3 is 22.3 Å². The van der Waals surface area contributed by atoms with E-state index in [0.717, 1.165) is 0 Å². The third-order valence-corrected chi connectivity index (χ3v) is 4.26. The Bertz CT molecular complexity index is 166. The molecule has 0 unspecified atom stereocenters. The molecule has 0 saturated heterocycles. The van der Waals surface area contributed by atoms with Crippen molar-refractivity contribution >= 4 is 0 Å². The van der Waals surface area contributed by atoms with Crippen LogP contribution in [0.4, 0.5) is 0 Å². The lowest BCUT2D eigenvalue weighted by molar-refractivity contribution is -0.740. The fourth-order valence-corrected chi connectivity index (χ4v) is 2.89. The highest BCUT2D eigenvalue weighted by molar-refractivity contribution is 4.86. The van der Waals surface area contributed by atoms with Crippen molar-refractivity contribution in [2.24, 2.45) is 0 Å². The molecule has 1 saturated carbocycles. The molecule has 1 rings (SSSR count). The van der Waals surface area contributed by atoms with E-state index in [4.69, 9.17) is 0 Å². The summed E-state index contributed by atoms with van der Waals surface area (Å²) in [5.74, 6) is 0. The van der Waals surface area contributed by atoms with Gasteiger partial charge in [-0.2, -0.15) is 0 Å². The second-order valence-electron chi connectivity index (χ2n) is 5.73. The third-order valence-electron chi connectivity index (χ3n) is 4.26. The van der Waals surface area contributed by atoms with Crippen LogP contribution in [0.2, 0.25) is 0 Å². The van der Waals surface area contributed by atoms with Gasteiger partial charge in [-0.05, 0) is 25.7 Å². The summed E-state index contributed by atoms with van der Waals surface area (Å²) >= 11 is 0. The van der Waals surface area contributed by atoms with Gasteiger partial charge in [-0.25, -0.2) is 0 Å². The lowest BCUT2D eigenvalue weighted by Gasteiger charge is -2.39. The van der Waals surface area contributed by atoms with Crippen LogP contribution in [-0.4, -0.2) is 12.1 Å². The Kier molecular flexibility index (Phi) is 10.6. The van der Waals surface area contributed by atoms with Crippen molar-refractivity contribution in [3.8, 4) is 0 Å². The molecule has 0 radical (unpaired) electrons. The molecule has 0 bridgehead atoms. The van der Waals surface area contributed by atoms with Crippen LogP contribution >= 0.6 is 0 Å². The maximum Gasteiger partial charge on any atom is 0.0961 e. The average Bonchev–Trinajstić information content (AvgIpc) is 2.24. The lowest BCUT2D eigenvalue weighted by Crippen LogP contribution is -3.00. The quantitative estimate of drug-likeness (QED) is 0.571. The number of halogens is 1. The SMILES string of the molecule is CCCCCC[NH2+]C1(CCCCC)CCC1.[Br-]. The van der Waals surface area contributed by atoms with Crippen molar-refractivity contribution in [1.82, 2.24) is 0 Å². The van der Waals surface area contributed by atoms with E-state index in [-0.39, 0.29) is 17.0 Å². The van der Waals surface area contributed by atoms with Gasteiger partial charge in [0.2, 0.25) is 0 Å². The van der Waals surface area contributed by atoms with E-state index < -0.39 is 0 Å². The Balaban J connectivity index is 0.00000256. The minimum Gasteiger partial charge on any atom is -1.00 e. The molecule has 0 aliphatic heterocycles. The third kappa shape index (κ3) is 6.81. The highest BCUT2D eigenvalue weighted by Gasteiger charge is 2.39. The predicted molar refractivity (Wildman–Crippen MR) is 71.7 cm³/mol. The largest absolute Gasteiger partial charge is 1.00 e. The highest BCUT2D eigenvalue weighted by atomic mass is 79.9. The molecule has 0 atom stereocenters. The first-order valence-electron chi connectivity index (χ1n) is 7.67. The highest BCUT2D eigenvalue weighted by Crippen LogP contribution is 2.32. The van der Waals surface area contributed by atoms with E-state index in [1.165, 1.54) is 77.2 Å². The summed E-state index contributed by atoms with van der Waals surface area (Å²) in [6, 6.07) is 0. The van der Waals surface area contributed by atoms with Crippen molar-refractivity contribution in [3.63, 3.8) is 0 Å². The van der Waals surface area contributed by atoms with Crippen LogP contribution in [0.25, 0.3) is 0 Å². The molecule has 1 fully saturated rings. The summed E-state index contributed by atoms with van der Waals surface area (Å²) in [7, 11) is 0. The molecule has 0 aromatic heterocycles. The van der Waals surface area contributed by atoms with Gasteiger partial charge in [-0.3, -0.25) is 0 Å². The van der Waals surface area contributed by atoms with Crippen LogP contribution in [0.1, 0.15) is 84.5 Å². The molecule has 1 aliphatic carbocycles. The topological polar surface area (TPSA) is 16.6 Å². The minimum absolute atomic E-state index is 0. The predicted octanol–water partition coefficient (Wildman–Crippen LogP) is 0.637. The van der Waals surface area contributed by atoms with Crippen molar-refractivity contribution < 1.29 is 22.3 Å². The van der Waals surface area contributed by atoms with Crippen LogP contribution in [0, 0.1) is 0 Å². The van der Waals surface area contributed by atoms with E-state index >= 15 is 0 Å². The van der Waals surface area contributed by atoms with Crippen molar-refractivity contribution in [3.05, 3.63) is 0 Å². The molecule has 2 heteroatoms. The fraction of sp³-hybridized carbons (Fsp3) is 1.00. The van der Waals surface area contributed by atoms with Crippen LogP contribution in [-0.2, 0) is 0 Å². The molecule has 2 N–H and O–H groups in total. The number of quaternary nitrogens is 1. The molecule has 17 heavy (non-hydrogen) atoms. The normalized spacial score (nSPS) is 17.3. The van der Waals surface area contributed by atoms with Gasteiger partial charge in [0.05, 0.1) is 12.1 Å². The molecule has 1 aliphatic rings. The van der Waals surface area contributed by atoms with Crippen LogP contribution in [0.3, 0.4) is 0 Å². The molecule has 0 aromatic rings. The van der Waals surface area contributed by atoms with Gasteiger partial charge in [0.25, 0.3) is 0 Å². The number of hydrogen-bond donors (Lipinski definition) is 1. The molecule has 0 spiro atoms. The van der Waals surface area contributed by atoms with E-state index in [0.29, 0.717) is 5.54 Å². The van der Waals surface area contributed by atoms with Crippen molar-refractivity contribution in [1.29, 1.82) is 0 Å². The summed E-state index contributed by atoms with van der Waals surface area (Å²) in [6.07, 6.45) is 15.9. The summed E-state index contributed by atoms with van der Waals surface area (Å²) in [4.78, 5) is 0. The number of unbranched alkanes of at least 4 members (excludes halogenated alkanes) is 5. The first kappa shape index (κ1) is 17.4. The summed E-state index contributed by atoms with van der Waals surface area (Å²) in [5, 5.41) is 2.70. The second kappa shape index (κ2) is 10.4. The van der Waals surface area contributed by atoms with E-state index in [1.54, 1.807) is 0 Å². The fourth-order valence-electron chi connectivity index (χ4n) is 2.89. The van der Waals surface area contributed by atoms with E-state index in [1.807, 2.05) is 0 Å². The number of nitrogens with two attached hydrogens (primary N) is 1. The van der Waals surface area contributed by atoms with Gasteiger partial charge in [0.1, 0.15) is 0 Å². The number of rotatable bonds is 10. The first-order chi connectivity index (χ1) is 7.83. The molecule has 0 heterocycles. The van der Waals surface area contributed by atoms with Crippen LogP contribution in [0.15, 0.2) is 0 Å². The second-order valence-corrected chi connectivity index (χ2v) is 5.73. The smallest absolute Gasteiger partial charge is 0.0961 e. The zero-order valence-electron chi connectivity index (χ0n) is 11.9. The standard InChI is InChI=1S/C15H31N.BrH/c1-3-5-7-9-14-16-15(12-10-13-15)11-8-6-4-2;/h16H,3-14H2,1-2H3;1H. The van der Waals surface area contributed by atoms with E-state index in [2.05, 4.69) is 19.2 Å². The average molecular weight is 306 g/mol.